The van der Waals surface area contributed by atoms with E-state index < -0.39 is 11.5 Å². The Bertz CT molecular complexity index is 475. The van der Waals surface area contributed by atoms with Crippen LogP contribution in [0.1, 0.15) is 37.9 Å². The number of imidazole rings is 1. The molecular formula is C13H19N3O3. The largest absolute Gasteiger partial charge is 0.480 e. The summed E-state index contributed by atoms with van der Waals surface area (Å²) in [5.74, 6) is -0.576. The van der Waals surface area contributed by atoms with E-state index in [0.717, 1.165) is 19.3 Å². The molecule has 0 radical (unpaired) electrons. The van der Waals surface area contributed by atoms with E-state index in [9.17, 15) is 14.7 Å². The molecule has 1 heterocycles. The van der Waals surface area contributed by atoms with Gasteiger partial charge in [0.15, 0.2) is 0 Å². The quantitative estimate of drug-likeness (QED) is 0.846. The van der Waals surface area contributed by atoms with E-state index in [1.54, 1.807) is 17.0 Å². The third-order valence-corrected chi connectivity index (χ3v) is 3.73. The first kappa shape index (κ1) is 13.6. The third kappa shape index (κ3) is 2.94. The Morgan fingerprint density at radius 2 is 2.11 bits per heavy atom. The summed E-state index contributed by atoms with van der Waals surface area (Å²) in [7, 11) is 1.81. The molecule has 0 unspecified atom stereocenters. The van der Waals surface area contributed by atoms with Crippen LogP contribution in [0, 0.1) is 0 Å². The van der Waals surface area contributed by atoms with Gasteiger partial charge in [0.25, 0.3) is 0 Å². The summed E-state index contributed by atoms with van der Waals surface area (Å²) in [4.78, 5) is 27.5. The Morgan fingerprint density at radius 3 is 2.63 bits per heavy atom. The van der Waals surface area contributed by atoms with Crippen molar-refractivity contribution in [3.63, 3.8) is 0 Å². The van der Waals surface area contributed by atoms with Gasteiger partial charge in [0.1, 0.15) is 11.4 Å². The number of aliphatic carboxylic acids is 1. The summed E-state index contributed by atoms with van der Waals surface area (Å²) >= 11 is 0. The van der Waals surface area contributed by atoms with Crippen LogP contribution in [0.4, 0.5) is 0 Å². The maximum atomic E-state index is 12.0. The highest BCUT2D eigenvalue weighted by molar-refractivity contribution is 5.87. The standard InChI is InChI=1S/C13H19N3O3/c1-16-8-7-14-10(16)9-11(17)15-13(12(18)19)5-3-2-4-6-13/h7-8H,2-6,9H2,1H3,(H,15,17)(H,18,19). The zero-order chi connectivity index (χ0) is 13.9. The van der Waals surface area contributed by atoms with Crippen LogP contribution in [0.15, 0.2) is 12.4 Å². The molecule has 0 aliphatic heterocycles. The van der Waals surface area contributed by atoms with E-state index in [4.69, 9.17) is 0 Å². The van der Waals surface area contributed by atoms with E-state index in [2.05, 4.69) is 10.3 Å². The average Bonchev–Trinajstić information content (AvgIpc) is 2.76. The molecule has 0 spiro atoms. The molecule has 0 saturated heterocycles. The molecule has 1 fully saturated rings. The average molecular weight is 265 g/mol. The van der Waals surface area contributed by atoms with Crippen molar-refractivity contribution in [1.82, 2.24) is 14.9 Å². The Hall–Kier alpha value is -1.85. The van der Waals surface area contributed by atoms with Crippen molar-refractivity contribution in [2.75, 3.05) is 0 Å². The molecule has 1 amide bonds. The zero-order valence-electron chi connectivity index (χ0n) is 11.1. The molecule has 19 heavy (non-hydrogen) atoms. The van der Waals surface area contributed by atoms with Crippen molar-refractivity contribution >= 4 is 11.9 Å². The summed E-state index contributed by atoms with van der Waals surface area (Å²) < 4.78 is 1.76. The van der Waals surface area contributed by atoms with Gasteiger partial charge < -0.3 is 15.0 Å². The lowest BCUT2D eigenvalue weighted by atomic mass is 9.81. The number of carboxylic acid groups (broad SMARTS) is 1. The number of hydrogen-bond acceptors (Lipinski definition) is 3. The molecule has 0 bridgehead atoms. The fraction of sp³-hybridized carbons (Fsp3) is 0.615. The molecule has 0 atom stereocenters. The lowest BCUT2D eigenvalue weighted by Gasteiger charge is -2.33. The van der Waals surface area contributed by atoms with Crippen LogP contribution in [-0.2, 0) is 23.1 Å². The van der Waals surface area contributed by atoms with Crippen LogP contribution in [0.5, 0.6) is 0 Å². The first-order valence-electron chi connectivity index (χ1n) is 6.54. The minimum absolute atomic E-state index is 0.110. The van der Waals surface area contributed by atoms with Crippen molar-refractivity contribution in [3.8, 4) is 0 Å². The van der Waals surface area contributed by atoms with Gasteiger partial charge in [-0.15, -0.1) is 0 Å². The number of aromatic nitrogens is 2. The van der Waals surface area contributed by atoms with E-state index in [0.29, 0.717) is 18.7 Å². The molecule has 0 aromatic carbocycles. The van der Waals surface area contributed by atoms with Crippen molar-refractivity contribution in [2.45, 2.75) is 44.1 Å². The lowest BCUT2D eigenvalue weighted by molar-refractivity contribution is -0.149. The number of aryl methyl sites for hydroxylation is 1. The van der Waals surface area contributed by atoms with Gasteiger partial charge in [-0.25, -0.2) is 9.78 Å². The molecule has 6 nitrogen and oxygen atoms in total. The molecular weight excluding hydrogens is 246 g/mol. The number of nitrogens with one attached hydrogen (secondary N) is 1. The predicted molar refractivity (Wildman–Crippen MR) is 68.5 cm³/mol. The van der Waals surface area contributed by atoms with Crippen molar-refractivity contribution < 1.29 is 14.7 Å². The van der Waals surface area contributed by atoms with Crippen molar-refractivity contribution in [3.05, 3.63) is 18.2 Å². The molecule has 1 aromatic heterocycles. The maximum Gasteiger partial charge on any atom is 0.329 e. The molecule has 1 saturated carbocycles. The normalized spacial score (nSPS) is 17.9. The van der Waals surface area contributed by atoms with Gasteiger partial charge in [-0.2, -0.15) is 0 Å². The van der Waals surface area contributed by atoms with E-state index in [1.165, 1.54) is 0 Å². The van der Waals surface area contributed by atoms with Crippen molar-refractivity contribution in [1.29, 1.82) is 0 Å². The van der Waals surface area contributed by atoms with Crippen molar-refractivity contribution in [2.24, 2.45) is 7.05 Å². The molecule has 1 aliphatic rings. The fourth-order valence-corrected chi connectivity index (χ4v) is 2.57. The Balaban J connectivity index is 2.03. The maximum absolute atomic E-state index is 12.0. The minimum Gasteiger partial charge on any atom is -0.480 e. The molecule has 104 valence electrons. The molecule has 1 aromatic rings. The zero-order valence-corrected chi connectivity index (χ0v) is 11.1. The smallest absolute Gasteiger partial charge is 0.329 e. The highest BCUT2D eigenvalue weighted by Gasteiger charge is 2.40. The Kier molecular flexibility index (Phi) is 3.87. The van der Waals surface area contributed by atoms with Gasteiger partial charge in [-0.05, 0) is 12.8 Å². The van der Waals surface area contributed by atoms with E-state index in [-0.39, 0.29) is 12.3 Å². The summed E-state index contributed by atoms with van der Waals surface area (Å²) in [6, 6.07) is 0. The van der Waals surface area contributed by atoms with Crippen LogP contribution in [-0.4, -0.2) is 32.1 Å². The summed E-state index contributed by atoms with van der Waals surface area (Å²) in [5, 5.41) is 12.1. The SMILES string of the molecule is Cn1ccnc1CC(=O)NC1(C(=O)O)CCCCC1. The number of hydrogen-bond donors (Lipinski definition) is 2. The van der Waals surface area contributed by atoms with Gasteiger partial charge in [0.2, 0.25) is 5.91 Å². The molecule has 2 rings (SSSR count). The molecule has 2 N–H and O–H groups in total. The highest BCUT2D eigenvalue weighted by atomic mass is 16.4. The van der Waals surface area contributed by atoms with E-state index >= 15 is 0 Å². The van der Waals surface area contributed by atoms with Gasteiger partial charge >= 0.3 is 5.97 Å². The fourth-order valence-electron chi connectivity index (χ4n) is 2.57. The highest BCUT2D eigenvalue weighted by Crippen LogP contribution is 2.28. The van der Waals surface area contributed by atoms with Gasteiger partial charge in [0, 0.05) is 19.4 Å². The summed E-state index contributed by atoms with van der Waals surface area (Å²) in [6.45, 7) is 0. The van der Waals surface area contributed by atoms with Gasteiger partial charge in [-0.3, -0.25) is 4.79 Å². The third-order valence-electron chi connectivity index (χ3n) is 3.73. The lowest BCUT2D eigenvalue weighted by Crippen LogP contribution is -2.56. The number of nitrogens with zero attached hydrogens (tertiary/aromatic N) is 2. The minimum atomic E-state index is -1.08. The second-order valence-electron chi connectivity index (χ2n) is 5.13. The number of carbonyl (C=O) groups excluding carboxylic acids is 1. The van der Waals surface area contributed by atoms with Gasteiger partial charge in [0.05, 0.1) is 6.42 Å². The molecule has 6 heteroatoms. The predicted octanol–water partition coefficient (Wildman–Crippen LogP) is 0.866. The second-order valence-corrected chi connectivity index (χ2v) is 5.13. The Labute approximate surface area is 111 Å². The van der Waals surface area contributed by atoms with Crippen LogP contribution in [0.25, 0.3) is 0 Å². The second kappa shape index (κ2) is 5.42. The molecule has 1 aliphatic carbocycles. The van der Waals surface area contributed by atoms with Crippen LogP contribution in [0.3, 0.4) is 0 Å². The topological polar surface area (TPSA) is 84.2 Å². The number of rotatable bonds is 4. The summed E-state index contributed by atoms with van der Waals surface area (Å²) in [5.41, 5.74) is -1.08. The van der Waals surface area contributed by atoms with Crippen LogP contribution < -0.4 is 5.32 Å². The van der Waals surface area contributed by atoms with Crippen LogP contribution >= 0.6 is 0 Å². The number of amides is 1. The number of carbonyl (C=O) groups is 2. The van der Waals surface area contributed by atoms with E-state index in [1.807, 2.05) is 7.05 Å². The first-order valence-corrected chi connectivity index (χ1v) is 6.54. The van der Waals surface area contributed by atoms with Crippen LogP contribution in [0.2, 0.25) is 0 Å². The number of carboxylic acids is 1. The van der Waals surface area contributed by atoms with Gasteiger partial charge in [-0.1, -0.05) is 19.3 Å². The Morgan fingerprint density at radius 1 is 1.42 bits per heavy atom. The summed E-state index contributed by atoms with van der Waals surface area (Å²) in [6.07, 6.45) is 7.22. The first-order chi connectivity index (χ1) is 9.03. The monoisotopic (exact) mass is 265 g/mol.